The van der Waals surface area contributed by atoms with E-state index in [1.165, 1.54) is 39.9 Å². The summed E-state index contributed by atoms with van der Waals surface area (Å²) in [5, 5.41) is 0.472. The fraction of sp³-hybridized carbons (Fsp3) is 0.714. The third-order valence-electron chi connectivity index (χ3n) is 4.52. The van der Waals surface area contributed by atoms with Crippen molar-refractivity contribution in [2.45, 2.75) is 45.2 Å². The molecule has 6 nitrogen and oxygen atoms in total. The van der Waals surface area contributed by atoms with Gasteiger partial charge in [0.15, 0.2) is 0 Å². The average molecular weight is 544 g/mol. The van der Waals surface area contributed by atoms with Crippen LogP contribution in [0.3, 0.4) is 0 Å². The van der Waals surface area contributed by atoms with Gasteiger partial charge in [-0.3, -0.25) is 0 Å². The lowest BCUT2D eigenvalue weighted by Crippen LogP contribution is -3.00. The molecule has 0 bridgehead atoms. The Kier molecular flexibility index (Phi) is 18.2. The van der Waals surface area contributed by atoms with Crippen molar-refractivity contribution in [3.63, 3.8) is 0 Å². The number of methoxy groups -OCH3 is 2. The van der Waals surface area contributed by atoms with E-state index in [4.69, 9.17) is 0 Å². The molecule has 0 aliphatic heterocycles. The molecule has 2 rings (SSSR count). The molecule has 0 aromatic carbocycles. The minimum Gasteiger partial charge on any atom is -1.00 e. The van der Waals surface area contributed by atoms with E-state index in [-0.39, 0.29) is 36.3 Å². The summed E-state index contributed by atoms with van der Waals surface area (Å²) in [5.74, 6) is -0.645. The van der Waals surface area contributed by atoms with Gasteiger partial charge in [-0.2, -0.15) is 0 Å². The van der Waals surface area contributed by atoms with E-state index in [9.17, 15) is 9.59 Å². The van der Waals surface area contributed by atoms with Gasteiger partial charge < -0.3 is 35.8 Å². The van der Waals surface area contributed by atoms with Gasteiger partial charge in [0.25, 0.3) is 0 Å². The summed E-state index contributed by atoms with van der Waals surface area (Å²) >= 11 is 3.06. The second kappa shape index (κ2) is 16.1. The van der Waals surface area contributed by atoms with Crippen molar-refractivity contribution in [1.29, 1.82) is 0 Å². The zero-order valence-corrected chi connectivity index (χ0v) is 21.3. The summed E-state index contributed by atoms with van der Waals surface area (Å²) < 4.78 is 9.80. The second-order valence-corrected chi connectivity index (χ2v) is 8.25. The molecule has 29 heavy (non-hydrogen) atoms. The van der Waals surface area contributed by atoms with Crippen molar-refractivity contribution >= 4 is 27.9 Å². The van der Waals surface area contributed by atoms with Crippen LogP contribution < -0.4 is 17.0 Å². The Hall–Kier alpha value is -0.700. The fourth-order valence-corrected chi connectivity index (χ4v) is 2.62. The molecule has 8 heteroatoms. The highest BCUT2D eigenvalue weighted by Gasteiger charge is 2.39. The van der Waals surface area contributed by atoms with Gasteiger partial charge in [-0.25, -0.2) is 9.59 Å². The van der Waals surface area contributed by atoms with Gasteiger partial charge in [-0.05, 0) is 26.9 Å². The molecule has 2 saturated carbocycles. The molecule has 0 aromatic heterocycles. The van der Waals surface area contributed by atoms with Crippen molar-refractivity contribution in [2.24, 2.45) is 0 Å². The number of likely N-dealkylation sites (N-methyl/N-ethyl adjacent to an activating group) is 1. The lowest BCUT2D eigenvalue weighted by atomic mass is 10.2. The van der Waals surface area contributed by atoms with Crippen LogP contribution in [0.4, 0.5) is 0 Å². The van der Waals surface area contributed by atoms with E-state index in [0.29, 0.717) is 29.1 Å². The number of hydrogen-bond donors (Lipinski definition) is 0. The van der Waals surface area contributed by atoms with Crippen molar-refractivity contribution in [1.82, 2.24) is 4.90 Å². The molecule has 0 N–H and O–H groups in total. The number of alkyl halides is 1. The highest BCUT2D eigenvalue weighted by Crippen LogP contribution is 2.31. The zero-order chi connectivity index (χ0) is 21.2. The third kappa shape index (κ3) is 14.9. The number of esters is 2. The minimum atomic E-state index is -0.359. The summed E-state index contributed by atoms with van der Waals surface area (Å²) in [5.41, 5.74) is 1.01. The van der Waals surface area contributed by atoms with Crippen LogP contribution in [-0.4, -0.2) is 87.7 Å². The third-order valence-corrected chi connectivity index (χ3v) is 5.20. The Bertz CT molecular complexity index is 515. The van der Waals surface area contributed by atoms with Gasteiger partial charge in [0, 0.05) is 29.8 Å². The highest BCUT2D eigenvalue weighted by atomic mass is 79.9. The van der Waals surface area contributed by atoms with E-state index in [2.05, 4.69) is 71.7 Å². The number of halogens is 2. The molecule has 0 aromatic rings. The predicted molar refractivity (Wildman–Crippen MR) is 120 cm³/mol. The second-order valence-electron chi connectivity index (χ2n) is 7.69. The van der Waals surface area contributed by atoms with Crippen LogP contribution in [0.5, 0.6) is 0 Å². The summed E-state index contributed by atoms with van der Waals surface area (Å²) in [6.07, 6.45) is 5.38. The number of quaternary nitrogens is 1. The largest absolute Gasteiger partial charge is 1.00 e. The first-order chi connectivity index (χ1) is 12.5. The quantitative estimate of drug-likeness (QED) is 0.201. The van der Waals surface area contributed by atoms with E-state index >= 15 is 0 Å². The molecule has 2 fully saturated rings. The SMILES string of the molecule is C.C=C(CBr)C(=O)OC.C=C(C[N+](C)(C)C1CC1)C(=O)OC.CN(C)C1CC1.[Br-]. The Morgan fingerprint density at radius 2 is 1.41 bits per heavy atom. The van der Waals surface area contributed by atoms with Crippen LogP contribution in [0.25, 0.3) is 0 Å². The first kappa shape index (κ1) is 33.0. The zero-order valence-electron chi connectivity index (χ0n) is 18.1. The molecular formula is C21H40Br2N2O4. The smallest absolute Gasteiger partial charge is 0.338 e. The Morgan fingerprint density at radius 3 is 1.62 bits per heavy atom. The first-order valence-corrected chi connectivity index (χ1v) is 10.2. The van der Waals surface area contributed by atoms with E-state index in [1.54, 1.807) is 0 Å². The summed E-state index contributed by atoms with van der Waals surface area (Å²) in [4.78, 5) is 23.8. The van der Waals surface area contributed by atoms with Gasteiger partial charge in [0.1, 0.15) is 6.54 Å². The minimum absolute atomic E-state index is 0. The van der Waals surface area contributed by atoms with Crippen LogP contribution in [-0.2, 0) is 19.1 Å². The maximum absolute atomic E-state index is 11.1. The molecule has 2 aliphatic rings. The molecule has 0 spiro atoms. The van der Waals surface area contributed by atoms with Gasteiger partial charge in [0.2, 0.25) is 0 Å². The lowest BCUT2D eigenvalue weighted by molar-refractivity contribution is -0.896. The van der Waals surface area contributed by atoms with Crippen LogP contribution >= 0.6 is 15.9 Å². The summed E-state index contributed by atoms with van der Waals surface area (Å²) in [7, 11) is 11.3. The van der Waals surface area contributed by atoms with Crippen molar-refractivity contribution in [2.75, 3.05) is 54.3 Å². The maximum Gasteiger partial charge on any atom is 0.338 e. The summed E-state index contributed by atoms with van der Waals surface area (Å²) in [6, 6.07) is 1.64. The number of nitrogens with zero attached hydrogens (tertiary/aromatic N) is 2. The maximum atomic E-state index is 11.1. The predicted octanol–water partition coefficient (Wildman–Crippen LogP) is 0.415. The van der Waals surface area contributed by atoms with Crippen molar-refractivity contribution < 1.29 is 40.5 Å². The van der Waals surface area contributed by atoms with Crippen molar-refractivity contribution in [3.8, 4) is 0 Å². The molecule has 0 amide bonds. The lowest BCUT2D eigenvalue weighted by Gasteiger charge is -2.29. The van der Waals surface area contributed by atoms with Gasteiger partial charge >= 0.3 is 11.9 Å². The van der Waals surface area contributed by atoms with Gasteiger partial charge in [-0.15, -0.1) is 0 Å². The summed E-state index contributed by atoms with van der Waals surface area (Å²) in [6.45, 7) is 7.84. The Morgan fingerprint density at radius 1 is 1.00 bits per heavy atom. The van der Waals surface area contributed by atoms with E-state index in [0.717, 1.165) is 10.5 Å². The van der Waals surface area contributed by atoms with Crippen molar-refractivity contribution in [3.05, 3.63) is 24.3 Å². The average Bonchev–Trinajstić information content (AvgIpc) is 3.51. The molecule has 172 valence electrons. The molecule has 0 unspecified atom stereocenters. The highest BCUT2D eigenvalue weighted by molar-refractivity contribution is 9.09. The molecule has 0 atom stereocenters. The van der Waals surface area contributed by atoms with E-state index < -0.39 is 0 Å². The first-order valence-electron chi connectivity index (χ1n) is 9.07. The number of carbonyl (C=O) groups excluding carboxylic acids is 2. The molecule has 0 heterocycles. The monoisotopic (exact) mass is 542 g/mol. The van der Waals surface area contributed by atoms with Gasteiger partial charge in [0.05, 0.1) is 39.9 Å². The molecular weight excluding hydrogens is 504 g/mol. The topological polar surface area (TPSA) is 55.8 Å². The number of ether oxygens (including phenoxy) is 2. The molecule has 0 radical (unpaired) electrons. The Labute approximate surface area is 196 Å². The number of rotatable bonds is 7. The number of hydrogen-bond acceptors (Lipinski definition) is 5. The van der Waals surface area contributed by atoms with E-state index in [1.807, 2.05) is 0 Å². The van der Waals surface area contributed by atoms with Crippen LogP contribution in [0.2, 0.25) is 0 Å². The Balaban J connectivity index is -0.000000366. The molecule has 2 aliphatic carbocycles. The fourth-order valence-electron chi connectivity index (χ4n) is 2.39. The normalized spacial score (nSPS) is 14.5. The van der Waals surface area contributed by atoms with Crippen LogP contribution in [0.15, 0.2) is 24.3 Å². The van der Waals surface area contributed by atoms with Crippen LogP contribution in [0, 0.1) is 0 Å². The standard InChI is InChI=1S/C10H18NO2.C5H7BrO2.C5H11N.CH4.BrH/c1-8(10(12)13-4)7-11(2,3)9-5-6-9;1-4(3-6)5(7)8-2;1-6(2)5-3-4-5;;/h9H,1,5-7H2,2-4H3;1,3H2,2H3;5H,3-4H2,1-2H3;1H4;1H/q+1;;;;/p-1. The van der Waals surface area contributed by atoms with Gasteiger partial charge in [-0.1, -0.05) is 36.5 Å². The van der Waals surface area contributed by atoms with Crippen LogP contribution in [0.1, 0.15) is 33.1 Å². The number of carbonyl (C=O) groups is 2. The molecule has 0 saturated heterocycles.